The van der Waals surface area contributed by atoms with Gasteiger partial charge in [-0.25, -0.2) is 0 Å². The summed E-state index contributed by atoms with van der Waals surface area (Å²) < 4.78 is 9.05. The minimum absolute atomic E-state index is 0.140. The van der Waals surface area contributed by atoms with Gasteiger partial charge < -0.3 is 24.8 Å². The Morgan fingerprint density at radius 2 is 1.90 bits per heavy atom. The van der Waals surface area contributed by atoms with Gasteiger partial charge >= 0.3 is 11.9 Å². The summed E-state index contributed by atoms with van der Waals surface area (Å²) >= 11 is 0. The highest BCUT2D eigenvalue weighted by Crippen LogP contribution is 2.28. The van der Waals surface area contributed by atoms with E-state index in [2.05, 4.69) is 4.74 Å². The van der Waals surface area contributed by atoms with Crippen molar-refractivity contribution >= 4 is 17.7 Å². The minimum atomic E-state index is -1.31. The van der Waals surface area contributed by atoms with Crippen LogP contribution in [0.5, 0.6) is 0 Å². The van der Waals surface area contributed by atoms with Crippen LogP contribution >= 0.6 is 0 Å². The van der Waals surface area contributed by atoms with Crippen LogP contribution in [-0.2, 0) is 23.9 Å². The van der Waals surface area contributed by atoms with Crippen LogP contribution in [0.25, 0.3) is 0 Å². The Kier molecular flexibility index (Phi) is 5.51. The van der Waals surface area contributed by atoms with Crippen LogP contribution in [0.3, 0.4) is 0 Å². The largest absolute Gasteiger partial charge is 0.508 e. The zero-order chi connectivity index (χ0) is 15.3. The van der Waals surface area contributed by atoms with E-state index in [1.165, 1.54) is 7.11 Å². The lowest BCUT2D eigenvalue weighted by Crippen LogP contribution is -2.27. The molecule has 0 saturated carbocycles. The maximum absolute atomic E-state index is 11.3. The van der Waals surface area contributed by atoms with Crippen molar-refractivity contribution in [1.29, 1.82) is 0 Å². The van der Waals surface area contributed by atoms with Gasteiger partial charge in [-0.2, -0.15) is 0 Å². The number of aliphatic hydroxyl groups is 3. The number of esters is 2. The third-order valence-corrected chi connectivity index (χ3v) is 2.90. The summed E-state index contributed by atoms with van der Waals surface area (Å²) in [5.74, 6) is -4.32. The third-order valence-electron chi connectivity index (χ3n) is 2.90. The molecular weight excluding hydrogens is 272 g/mol. The molecule has 0 aromatic rings. The van der Waals surface area contributed by atoms with Crippen molar-refractivity contribution in [3.63, 3.8) is 0 Å². The molecule has 1 rings (SSSR count). The topological polar surface area (TPSA) is 130 Å². The lowest BCUT2D eigenvalue weighted by molar-refractivity contribution is -0.151. The molecule has 0 saturated heterocycles. The van der Waals surface area contributed by atoms with Gasteiger partial charge in [0.15, 0.2) is 5.76 Å². The molecule has 20 heavy (non-hydrogen) atoms. The first kappa shape index (κ1) is 16.0. The molecule has 0 amide bonds. The zero-order valence-electron chi connectivity index (χ0n) is 10.9. The summed E-state index contributed by atoms with van der Waals surface area (Å²) in [5, 5.41) is 28.3. The van der Waals surface area contributed by atoms with Crippen molar-refractivity contribution in [2.24, 2.45) is 5.92 Å². The average molecular weight is 288 g/mol. The standard InChI is InChI=1S/C12H16O8/c1-19-9(15)2-3-10(16)20-5-8(14)6-4-7(13)12(18)11(6)17/h6,8,14,17-18H,2-5H2,1H3. The van der Waals surface area contributed by atoms with Gasteiger partial charge in [-0.3, -0.25) is 14.4 Å². The van der Waals surface area contributed by atoms with Crippen LogP contribution in [-0.4, -0.2) is 52.9 Å². The highest BCUT2D eigenvalue weighted by atomic mass is 16.5. The molecule has 0 aromatic heterocycles. The SMILES string of the molecule is COC(=O)CCC(=O)OCC(O)C1CC(=O)C(O)=C1O. The molecule has 1 aliphatic rings. The molecule has 0 aromatic carbocycles. The molecule has 0 aliphatic heterocycles. The average Bonchev–Trinajstić information content (AvgIpc) is 2.69. The van der Waals surface area contributed by atoms with Crippen LogP contribution in [0.15, 0.2) is 11.5 Å². The Balaban J connectivity index is 2.37. The Morgan fingerprint density at radius 1 is 1.30 bits per heavy atom. The number of Topliss-reactive ketones (excluding diaryl/α,β-unsaturated/α-hetero) is 1. The molecule has 0 spiro atoms. The summed E-state index contributed by atoms with van der Waals surface area (Å²) in [4.78, 5) is 33.2. The Hall–Kier alpha value is -2.09. The molecule has 8 heteroatoms. The van der Waals surface area contributed by atoms with Crippen LogP contribution in [0.1, 0.15) is 19.3 Å². The van der Waals surface area contributed by atoms with E-state index in [4.69, 9.17) is 9.84 Å². The van der Waals surface area contributed by atoms with E-state index in [1.54, 1.807) is 0 Å². The van der Waals surface area contributed by atoms with Crippen molar-refractivity contribution in [2.45, 2.75) is 25.4 Å². The second-order valence-electron chi connectivity index (χ2n) is 4.29. The summed E-state index contributed by atoms with van der Waals surface area (Å²) in [6.07, 6.45) is -1.90. The number of ketones is 1. The van der Waals surface area contributed by atoms with Crippen molar-refractivity contribution < 1.29 is 39.2 Å². The fourth-order valence-electron chi connectivity index (χ4n) is 1.70. The number of hydrogen-bond acceptors (Lipinski definition) is 8. The number of allylic oxidation sites excluding steroid dienone is 1. The number of methoxy groups -OCH3 is 1. The van der Waals surface area contributed by atoms with E-state index in [-0.39, 0.29) is 19.3 Å². The van der Waals surface area contributed by atoms with E-state index < -0.39 is 47.9 Å². The zero-order valence-corrected chi connectivity index (χ0v) is 10.9. The monoisotopic (exact) mass is 288 g/mol. The molecule has 1 aliphatic carbocycles. The molecule has 0 radical (unpaired) electrons. The fourth-order valence-corrected chi connectivity index (χ4v) is 1.70. The van der Waals surface area contributed by atoms with Crippen molar-refractivity contribution in [2.75, 3.05) is 13.7 Å². The van der Waals surface area contributed by atoms with Crippen molar-refractivity contribution in [3.05, 3.63) is 11.5 Å². The van der Waals surface area contributed by atoms with Crippen LogP contribution in [0, 0.1) is 5.92 Å². The van der Waals surface area contributed by atoms with E-state index in [0.29, 0.717) is 0 Å². The van der Waals surface area contributed by atoms with E-state index in [1.807, 2.05) is 0 Å². The predicted molar refractivity (Wildman–Crippen MR) is 63.6 cm³/mol. The van der Waals surface area contributed by atoms with Crippen molar-refractivity contribution in [3.8, 4) is 0 Å². The van der Waals surface area contributed by atoms with Gasteiger partial charge in [-0.05, 0) is 0 Å². The molecule has 0 fully saturated rings. The molecule has 0 bridgehead atoms. The van der Waals surface area contributed by atoms with Gasteiger partial charge in [0.1, 0.15) is 12.4 Å². The van der Waals surface area contributed by atoms with Gasteiger partial charge in [0.05, 0.1) is 32.0 Å². The Bertz CT molecular complexity index is 439. The Morgan fingerprint density at radius 3 is 2.40 bits per heavy atom. The fraction of sp³-hybridized carbons (Fsp3) is 0.583. The number of carbonyl (C=O) groups excluding carboxylic acids is 3. The van der Waals surface area contributed by atoms with Gasteiger partial charge in [0.25, 0.3) is 0 Å². The van der Waals surface area contributed by atoms with E-state index >= 15 is 0 Å². The van der Waals surface area contributed by atoms with Gasteiger partial charge in [-0.1, -0.05) is 0 Å². The molecule has 2 unspecified atom stereocenters. The molecule has 2 atom stereocenters. The summed E-state index contributed by atoms with van der Waals surface area (Å²) in [6.45, 7) is -0.449. The second kappa shape index (κ2) is 6.90. The minimum Gasteiger partial charge on any atom is -0.508 e. The Labute approximate surface area is 114 Å². The smallest absolute Gasteiger partial charge is 0.306 e. The molecule has 8 nitrogen and oxygen atoms in total. The summed E-state index contributed by atoms with van der Waals surface area (Å²) in [6, 6.07) is 0. The number of carbonyl (C=O) groups is 3. The lowest BCUT2D eigenvalue weighted by Gasteiger charge is -2.17. The highest BCUT2D eigenvalue weighted by Gasteiger charge is 2.37. The van der Waals surface area contributed by atoms with Crippen LogP contribution in [0.4, 0.5) is 0 Å². The van der Waals surface area contributed by atoms with Crippen molar-refractivity contribution in [1.82, 2.24) is 0 Å². The van der Waals surface area contributed by atoms with Crippen LogP contribution in [0.2, 0.25) is 0 Å². The lowest BCUT2D eigenvalue weighted by atomic mass is 10.0. The normalized spacial score (nSPS) is 19.9. The first-order valence-electron chi connectivity index (χ1n) is 5.92. The summed E-state index contributed by atoms with van der Waals surface area (Å²) in [5.41, 5.74) is 0. The molecule has 112 valence electrons. The maximum Gasteiger partial charge on any atom is 0.306 e. The molecular formula is C12H16O8. The molecule has 0 heterocycles. The number of rotatable bonds is 6. The van der Waals surface area contributed by atoms with E-state index in [9.17, 15) is 24.6 Å². The maximum atomic E-state index is 11.3. The predicted octanol–water partition coefficient (Wildman–Crippen LogP) is -0.240. The first-order valence-corrected chi connectivity index (χ1v) is 5.92. The third kappa shape index (κ3) is 3.95. The number of hydrogen-bond donors (Lipinski definition) is 3. The quantitative estimate of drug-likeness (QED) is 0.571. The van der Waals surface area contributed by atoms with Crippen LogP contribution < -0.4 is 0 Å². The summed E-state index contributed by atoms with van der Waals surface area (Å²) in [7, 11) is 1.19. The van der Waals surface area contributed by atoms with Gasteiger partial charge in [0.2, 0.25) is 5.78 Å². The van der Waals surface area contributed by atoms with Gasteiger partial charge in [-0.15, -0.1) is 0 Å². The highest BCUT2D eigenvalue weighted by molar-refractivity contribution is 5.96. The molecule has 3 N–H and O–H groups in total. The number of aliphatic hydroxyl groups excluding tert-OH is 3. The number of ether oxygens (including phenoxy) is 2. The first-order chi connectivity index (χ1) is 9.36. The van der Waals surface area contributed by atoms with E-state index in [0.717, 1.165) is 0 Å². The van der Waals surface area contributed by atoms with Gasteiger partial charge in [0, 0.05) is 6.42 Å². The second-order valence-corrected chi connectivity index (χ2v) is 4.29.